The zero-order valence-electron chi connectivity index (χ0n) is 9.02. The van der Waals surface area contributed by atoms with E-state index in [-0.39, 0.29) is 0 Å². The summed E-state index contributed by atoms with van der Waals surface area (Å²) >= 11 is 6.12. The number of hydrogen-bond acceptors (Lipinski definition) is 3. The maximum absolute atomic E-state index is 6.12. The lowest BCUT2D eigenvalue weighted by Gasteiger charge is -2.06. The van der Waals surface area contributed by atoms with E-state index in [0.29, 0.717) is 11.6 Å². The molecule has 0 saturated heterocycles. The molecule has 0 fully saturated rings. The Balaban J connectivity index is 2.56. The average molecular weight is 237 g/mol. The van der Waals surface area contributed by atoms with Gasteiger partial charge in [0, 0.05) is 6.54 Å². The van der Waals surface area contributed by atoms with Crippen LogP contribution in [0.4, 0.5) is 0 Å². The van der Waals surface area contributed by atoms with Crippen LogP contribution in [0.1, 0.15) is 18.3 Å². The van der Waals surface area contributed by atoms with Crippen molar-refractivity contribution in [2.45, 2.75) is 19.9 Å². The van der Waals surface area contributed by atoms with Gasteiger partial charge >= 0.3 is 0 Å². The summed E-state index contributed by atoms with van der Waals surface area (Å²) in [5.41, 5.74) is 8.28. The van der Waals surface area contributed by atoms with Gasteiger partial charge in [0.1, 0.15) is 0 Å². The van der Waals surface area contributed by atoms with Crippen LogP contribution < -0.4 is 5.73 Å². The van der Waals surface area contributed by atoms with Crippen molar-refractivity contribution in [3.8, 4) is 5.69 Å². The van der Waals surface area contributed by atoms with Crippen molar-refractivity contribution in [2.24, 2.45) is 5.73 Å². The van der Waals surface area contributed by atoms with Gasteiger partial charge in [-0.1, -0.05) is 35.9 Å². The maximum atomic E-state index is 6.12. The number of benzene rings is 1. The Kier molecular flexibility index (Phi) is 3.22. The Morgan fingerprint density at radius 3 is 2.75 bits per heavy atom. The molecule has 0 aliphatic carbocycles. The third kappa shape index (κ3) is 1.81. The van der Waals surface area contributed by atoms with Gasteiger partial charge in [-0.2, -0.15) is 0 Å². The second kappa shape index (κ2) is 4.63. The molecule has 0 radical (unpaired) electrons. The van der Waals surface area contributed by atoms with E-state index in [4.69, 9.17) is 17.3 Å². The summed E-state index contributed by atoms with van der Waals surface area (Å²) in [7, 11) is 0. The van der Waals surface area contributed by atoms with Crippen LogP contribution in [0.15, 0.2) is 24.3 Å². The van der Waals surface area contributed by atoms with Crippen molar-refractivity contribution in [3.63, 3.8) is 0 Å². The first-order chi connectivity index (χ1) is 7.77. The first-order valence-electron chi connectivity index (χ1n) is 5.16. The lowest BCUT2D eigenvalue weighted by atomic mass is 10.2. The molecule has 1 aromatic heterocycles. The summed E-state index contributed by atoms with van der Waals surface area (Å²) in [6, 6.07) is 7.55. The SMILES string of the molecule is CCc1c(CN)nnn1-c1ccccc1Cl. The molecular weight excluding hydrogens is 224 g/mol. The number of hydrogen-bond donors (Lipinski definition) is 1. The van der Waals surface area contributed by atoms with E-state index in [1.165, 1.54) is 0 Å². The molecule has 2 rings (SSSR count). The third-order valence-corrected chi connectivity index (χ3v) is 2.77. The van der Waals surface area contributed by atoms with Gasteiger partial charge in [-0.15, -0.1) is 5.10 Å². The first kappa shape index (κ1) is 11.1. The summed E-state index contributed by atoms with van der Waals surface area (Å²) in [4.78, 5) is 0. The Labute approximate surface area is 99.0 Å². The number of nitrogens with two attached hydrogens (primary N) is 1. The lowest BCUT2D eigenvalue weighted by molar-refractivity contribution is 0.767. The third-order valence-electron chi connectivity index (χ3n) is 2.45. The zero-order valence-corrected chi connectivity index (χ0v) is 9.78. The molecule has 4 nitrogen and oxygen atoms in total. The van der Waals surface area contributed by atoms with Crippen molar-refractivity contribution in [2.75, 3.05) is 0 Å². The fourth-order valence-corrected chi connectivity index (χ4v) is 1.88. The predicted molar refractivity (Wildman–Crippen MR) is 63.6 cm³/mol. The number of aromatic nitrogens is 3. The molecule has 0 bridgehead atoms. The minimum Gasteiger partial charge on any atom is -0.325 e. The fraction of sp³-hybridized carbons (Fsp3) is 0.273. The molecule has 0 saturated carbocycles. The zero-order chi connectivity index (χ0) is 11.5. The number of halogens is 1. The molecule has 1 heterocycles. The molecule has 1 aromatic carbocycles. The van der Waals surface area contributed by atoms with Crippen LogP contribution in [-0.2, 0) is 13.0 Å². The molecule has 16 heavy (non-hydrogen) atoms. The van der Waals surface area contributed by atoms with Gasteiger partial charge in [-0.3, -0.25) is 0 Å². The standard InChI is InChI=1S/C11H13ClN4/c1-2-10-9(7-13)14-15-16(10)11-6-4-3-5-8(11)12/h3-6H,2,7,13H2,1H3. The van der Waals surface area contributed by atoms with Gasteiger partial charge in [0.15, 0.2) is 0 Å². The Morgan fingerprint density at radius 1 is 1.38 bits per heavy atom. The van der Waals surface area contributed by atoms with E-state index in [9.17, 15) is 0 Å². The number of nitrogens with zero attached hydrogens (tertiary/aromatic N) is 3. The lowest BCUT2D eigenvalue weighted by Crippen LogP contribution is -2.05. The van der Waals surface area contributed by atoms with Crippen LogP contribution in [-0.4, -0.2) is 15.0 Å². The molecule has 84 valence electrons. The second-order valence-corrected chi connectivity index (χ2v) is 3.81. The van der Waals surface area contributed by atoms with Gasteiger partial charge in [0.25, 0.3) is 0 Å². The highest BCUT2D eigenvalue weighted by Gasteiger charge is 2.12. The van der Waals surface area contributed by atoms with Gasteiger partial charge in [-0.05, 0) is 18.6 Å². The maximum Gasteiger partial charge on any atom is 0.0999 e. The second-order valence-electron chi connectivity index (χ2n) is 3.40. The van der Waals surface area contributed by atoms with Gasteiger partial charge in [0.05, 0.1) is 22.1 Å². The van der Waals surface area contributed by atoms with E-state index in [0.717, 1.165) is 23.5 Å². The van der Waals surface area contributed by atoms with Crippen LogP contribution in [0.25, 0.3) is 5.69 Å². The van der Waals surface area contributed by atoms with Crippen LogP contribution in [0.3, 0.4) is 0 Å². The summed E-state index contributed by atoms with van der Waals surface area (Å²) in [5, 5.41) is 8.80. The van der Waals surface area contributed by atoms with Gasteiger partial charge in [0.2, 0.25) is 0 Å². The molecule has 2 N–H and O–H groups in total. The van der Waals surface area contributed by atoms with Crippen molar-refractivity contribution in [1.82, 2.24) is 15.0 Å². The van der Waals surface area contributed by atoms with E-state index in [1.54, 1.807) is 4.68 Å². The molecule has 0 atom stereocenters. The van der Waals surface area contributed by atoms with Crippen molar-refractivity contribution in [1.29, 1.82) is 0 Å². The molecule has 0 unspecified atom stereocenters. The quantitative estimate of drug-likeness (QED) is 0.886. The topological polar surface area (TPSA) is 56.7 Å². The van der Waals surface area contributed by atoms with E-state index < -0.39 is 0 Å². The van der Waals surface area contributed by atoms with Crippen LogP contribution in [0.2, 0.25) is 5.02 Å². The molecule has 0 aliphatic rings. The van der Waals surface area contributed by atoms with E-state index in [1.807, 2.05) is 31.2 Å². The monoisotopic (exact) mass is 236 g/mol. The van der Waals surface area contributed by atoms with Crippen molar-refractivity contribution in [3.05, 3.63) is 40.7 Å². The summed E-state index contributed by atoms with van der Waals surface area (Å²) in [5.74, 6) is 0. The minimum atomic E-state index is 0.396. The fourth-order valence-electron chi connectivity index (χ4n) is 1.66. The Bertz CT molecular complexity index is 492. The highest BCUT2D eigenvalue weighted by atomic mass is 35.5. The smallest absolute Gasteiger partial charge is 0.0999 e. The molecule has 0 spiro atoms. The number of rotatable bonds is 3. The molecule has 0 amide bonds. The van der Waals surface area contributed by atoms with E-state index >= 15 is 0 Å². The Hall–Kier alpha value is -1.39. The molecule has 5 heteroatoms. The first-order valence-corrected chi connectivity index (χ1v) is 5.54. The summed E-state index contributed by atoms with van der Waals surface area (Å²) in [6.07, 6.45) is 0.824. The summed E-state index contributed by atoms with van der Waals surface area (Å²) in [6.45, 7) is 2.44. The van der Waals surface area contributed by atoms with Crippen LogP contribution >= 0.6 is 11.6 Å². The largest absolute Gasteiger partial charge is 0.325 e. The van der Waals surface area contributed by atoms with Crippen molar-refractivity contribution >= 4 is 11.6 Å². The predicted octanol–water partition coefficient (Wildman–Crippen LogP) is 1.94. The van der Waals surface area contributed by atoms with Gasteiger partial charge < -0.3 is 5.73 Å². The minimum absolute atomic E-state index is 0.396. The van der Waals surface area contributed by atoms with Gasteiger partial charge in [-0.25, -0.2) is 4.68 Å². The van der Waals surface area contributed by atoms with Crippen molar-refractivity contribution < 1.29 is 0 Å². The highest BCUT2D eigenvalue weighted by molar-refractivity contribution is 6.32. The Morgan fingerprint density at radius 2 is 2.12 bits per heavy atom. The van der Waals surface area contributed by atoms with Crippen LogP contribution in [0.5, 0.6) is 0 Å². The summed E-state index contributed by atoms with van der Waals surface area (Å²) < 4.78 is 1.75. The highest BCUT2D eigenvalue weighted by Crippen LogP contribution is 2.21. The van der Waals surface area contributed by atoms with E-state index in [2.05, 4.69) is 10.3 Å². The normalized spacial score (nSPS) is 10.7. The average Bonchev–Trinajstić information content (AvgIpc) is 2.72. The molecule has 0 aliphatic heterocycles. The van der Waals surface area contributed by atoms with Crippen LogP contribution in [0, 0.1) is 0 Å². The molecular formula is C11H13ClN4. The molecule has 2 aromatic rings. The number of para-hydroxylation sites is 1.